The van der Waals surface area contributed by atoms with Gasteiger partial charge in [0.05, 0.1) is 0 Å². The van der Waals surface area contributed by atoms with Gasteiger partial charge in [-0.3, -0.25) is 0 Å². The lowest BCUT2D eigenvalue weighted by Crippen LogP contribution is -2.05. The molecule has 1 aromatic rings. The van der Waals surface area contributed by atoms with Crippen LogP contribution in [0.2, 0.25) is 0 Å². The smallest absolute Gasteiger partial charge is 0.123 e. The molecule has 3 heteroatoms. The molecule has 0 fully saturated rings. The van der Waals surface area contributed by atoms with E-state index in [0.29, 0.717) is 12.8 Å². The summed E-state index contributed by atoms with van der Waals surface area (Å²) in [6.45, 7) is 0.0925. The van der Waals surface area contributed by atoms with Crippen LogP contribution in [0.25, 0.3) is 0 Å². The standard InChI is InChI=1S/C11H15FO2/c12-11-5-1-3-9(7-11)10(8-14)4-2-6-13/h1,3,5,7,10,13-14H,2,4,6,8H2/t10-/m0/s1. The van der Waals surface area contributed by atoms with Crippen molar-refractivity contribution in [2.24, 2.45) is 0 Å². The molecular formula is C11H15FO2. The van der Waals surface area contributed by atoms with Crippen LogP contribution in [-0.2, 0) is 0 Å². The summed E-state index contributed by atoms with van der Waals surface area (Å²) in [6.07, 6.45) is 1.30. The zero-order chi connectivity index (χ0) is 10.4. The Balaban J connectivity index is 2.68. The van der Waals surface area contributed by atoms with E-state index in [1.165, 1.54) is 12.1 Å². The van der Waals surface area contributed by atoms with Gasteiger partial charge in [0.15, 0.2) is 0 Å². The summed E-state index contributed by atoms with van der Waals surface area (Å²) in [7, 11) is 0. The highest BCUT2D eigenvalue weighted by Gasteiger charge is 2.10. The van der Waals surface area contributed by atoms with Gasteiger partial charge in [0.25, 0.3) is 0 Å². The first-order valence-corrected chi connectivity index (χ1v) is 4.75. The Labute approximate surface area is 83.0 Å². The second-order valence-electron chi connectivity index (χ2n) is 3.30. The second-order valence-corrected chi connectivity index (χ2v) is 3.30. The Bertz CT molecular complexity index is 276. The van der Waals surface area contributed by atoms with E-state index in [2.05, 4.69) is 0 Å². The number of hydrogen-bond donors (Lipinski definition) is 2. The van der Waals surface area contributed by atoms with E-state index in [1.54, 1.807) is 12.1 Å². The van der Waals surface area contributed by atoms with E-state index < -0.39 is 0 Å². The molecule has 0 radical (unpaired) electrons. The summed E-state index contributed by atoms with van der Waals surface area (Å²) in [5.74, 6) is -0.359. The van der Waals surface area contributed by atoms with Gasteiger partial charge in [-0.2, -0.15) is 0 Å². The van der Waals surface area contributed by atoms with Crippen molar-refractivity contribution in [1.82, 2.24) is 0 Å². The van der Waals surface area contributed by atoms with Crippen molar-refractivity contribution in [1.29, 1.82) is 0 Å². The molecular weight excluding hydrogens is 183 g/mol. The number of aliphatic hydroxyl groups is 2. The van der Waals surface area contributed by atoms with E-state index >= 15 is 0 Å². The number of benzene rings is 1. The van der Waals surface area contributed by atoms with Crippen molar-refractivity contribution in [3.63, 3.8) is 0 Å². The molecule has 1 atom stereocenters. The Morgan fingerprint density at radius 2 is 2.07 bits per heavy atom. The van der Waals surface area contributed by atoms with E-state index in [0.717, 1.165) is 5.56 Å². The Morgan fingerprint density at radius 1 is 1.29 bits per heavy atom. The summed E-state index contributed by atoms with van der Waals surface area (Å²) in [4.78, 5) is 0. The summed E-state index contributed by atoms with van der Waals surface area (Å²) in [5, 5.41) is 17.7. The molecule has 0 amide bonds. The maximum absolute atomic E-state index is 12.9. The molecule has 14 heavy (non-hydrogen) atoms. The van der Waals surface area contributed by atoms with Gasteiger partial charge < -0.3 is 10.2 Å². The fourth-order valence-corrected chi connectivity index (χ4v) is 1.46. The molecule has 0 aliphatic carbocycles. The lowest BCUT2D eigenvalue weighted by molar-refractivity contribution is 0.236. The van der Waals surface area contributed by atoms with Crippen LogP contribution >= 0.6 is 0 Å². The van der Waals surface area contributed by atoms with Gasteiger partial charge in [0, 0.05) is 19.1 Å². The molecule has 1 rings (SSSR count). The molecule has 0 aliphatic rings. The van der Waals surface area contributed by atoms with Crippen molar-refractivity contribution in [2.75, 3.05) is 13.2 Å². The van der Waals surface area contributed by atoms with Crippen molar-refractivity contribution in [3.05, 3.63) is 35.6 Å². The van der Waals surface area contributed by atoms with Crippen molar-refractivity contribution < 1.29 is 14.6 Å². The highest BCUT2D eigenvalue weighted by atomic mass is 19.1. The van der Waals surface area contributed by atoms with Gasteiger partial charge in [-0.1, -0.05) is 12.1 Å². The fraction of sp³-hybridized carbons (Fsp3) is 0.455. The van der Waals surface area contributed by atoms with Gasteiger partial charge >= 0.3 is 0 Å². The second kappa shape index (κ2) is 5.73. The molecule has 2 nitrogen and oxygen atoms in total. The molecule has 0 bridgehead atoms. The number of rotatable bonds is 5. The van der Waals surface area contributed by atoms with Gasteiger partial charge in [-0.15, -0.1) is 0 Å². The van der Waals surface area contributed by atoms with Gasteiger partial charge in [0.2, 0.25) is 0 Å². The lowest BCUT2D eigenvalue weighted by Gasteiger charge is -2.13. The highest BCUT2D eigenvalue weighted by Crippen LogP contribution is 2.21. The average Bonchev–Trinajstić information content (AvgIpc) is 2.19. The number of halogens is 1. The zero-order valence-corrected chi connectivity index (χ0v) is 7.99. The third kappa shape index (κ3) is 3.09. The van der Waals surface area contributed by atoms with Gasteiger partial charge in [-0.25, -0.2) is 4.39 Å². The normalized spacial score (nSPS) is 12.8. The molecule has 1 aromatic carbocycles. The summed E-state index contributed by atoms with van der Waals surface area (Å²) >= 11 is 0. The van der Waals surface area contributed by atoms with Crippen LogP contribution in [0.5, 0.6) is 0 Å². The molecule has 78 valence electrons. The molecule has 0 unspecified atom stereocenters. The third-order valence-corrected chi connectivity index (χ3v) is 2.25. The highest BCUT2D eigenvalue weighted by molar-refractivity contribution is 5.20. The number of aliphatic hydroxyl groups excluding tert-OH is 2. The lowest BCUT2D eigenvalue weighted by atomic mass is 9.95. The van der Waals surface area contributed by atoms with E-state index in [9.17, 15) is 4.39 Å². The minimum Gasteiger partial charge on any atom is -0.396 e. The quantitative estimate of drug-likeness (QED) is 0.755. The molecule has 0 aromatic heterocycles. The molecule has 0 heterocycles. The summed E-state index contributed by atoms with van der Waals surface area (Å²) < 4.78 is 12.9. The topological polar surface area (TPSA) is 40.5 Å². The van der Waals surface area contributed by atoms with Crippen LogP contribution in [0.4, 0.5) is 4.39 Å². The Hall–Kier alpha value is -0.930. The van der Waals surface area contributed by atoms with E-state index in [4.69, 9.17) is 10.2 Å². The first kappa shape index (κ1) is 11.1. The van der Waals surface area contributed by atoms with E-state index in [-0.39, 0.29) is 24.9 Å². The monoisotopic (exact) mass is 198 g/mol. The fourth-order valence-electron chi connectivity index (χ4n) is 1.46. The largest absolute Gasteiger partial charge is 0.396 e. The maximum atomic E-state index is 12.9. The van der Waals surface area contributed by atoms with E-state index in [1.807, 2.05) is 0 Å². The van der Waals surface area contributed by atoms with Crippen molar-refractivity contribution in [3.8, 4) is 0 Å². The van der Waals surface area contributed by atoms with Crippen LogP contribution in [0.3, 0.4) is 0 Å². The minimum atomic E-state index is -0.287. The predicted octanol–water partition coefficient (Wildman–Crippen LogP) is 1.67. The third-order valence-electron chi connectivity index (χ3n) is 2.25. The predicted molar refractivity (Wildman–Crippen MR) is 52.5 cm³/mol. The first-order chi connectivity index (χ1) is 6.77. The zero-order valence-electron chi connectivity index (χ0n) is 7.99. The SMILES string of the molecule is OCCC[C@@H](CO)c1cccc(F)c1. The molecule has 0 aliphatic heterocycles. The average molecular weight is 198 g/mol. The van der Waals surface area contributed by atoms with Crippen LogP contribution in [-0.4, -0.2) is 23.4 Å². The van der Waals surface area contributed by atoms with Crippen molar-refractivity contribution >= 4 is 0 Å². The minimum absolute atomic E-state index is 0.0105. The van der Waals surface area contributed by atoms with Gasteiger partial charge in [-0.05, 0) is 30.5 Å². The Kier molecular flexibility index (Phi) is 4.56. The van der Waals surface area contributed by atoms with Crippen molar-refractivity contribution in [2.45, 2.75) is 18.8 Å². The molecule has 0 spiro atoms. The molecule has 0 saturated heterocycles. The van der Waals surface area contributed by atoms with Crippen LogP contribution < -0.4 is 0 Å². The molecule has 2 N–H and O–H groups in total. The van der Waals surface area contributed by atoms with Crippen LogP contribution in [0.15, 0.2) is 24.3 Å². The van der Waals surface area contributed by atoms with Gasteiger partial charge in [0.1, 0.15) is 5.82 Å². The maximum Gasteiger partial charge on any atom is 0.123 e. The first-order valence-electron chi connectivity index (χ1n) is 4.75. The molecule has 0 saturated carbocycles. The number of hydrogen-bond acceptors (Lipinski definition) is 2. The Morgan fingerprint density at radius 3 is 2.64 bits per heavy atom. The summed E-state index contributed by atoms with van der Waals surface area (Å²) in [5.41, 5.74) is 0.793. The summed E-state index contributed by atoms with van der Waals surface area (Å²) in [6, 6.07) is 6.23. The van der Waals surface area contributed by atoms with Crippen LogP contribution in [0, 0.1) is 5.82 Å². The van der Waals surface area contributed by atoms with Crippen LogP contribution in [0.1, 0.15) is 24.3 Å².